The van der Waals surface area contributed by atoms with Gasteiger partial charge < -0.3 is 4.43 Å². The van der Waals surface area contributed by atoms with Crippen molar-refractivity contribution in [2.75, 3.05) is 0 Å². The van der Waals surface area contributed by atoms with Crippen molar-refractivity contribution in [1.82, 2.24) is 0 Å². The van der Waals surface area contributed by atoms with Crippen LogP contribution in [0.2, 0.25) is 19.6 Å². The predicted molar refractivity (Wildman–Crippen MR) is 57.9 cm³/mol. The number of hydrogen-bond acceptors (Lipinski definition) is 2. The highest BCUT2D eigenvalue weighted by Gasteiger charge is 2.37. The second-order valence-corrected chi connectivity index (χ2v) is 9.15. The average molecular weight is 199 g/mol. The van der Waals surface area contributed by atoms with Gasteiger partial charge >= 0.3 is 0 Å². The van der Waals surface area contributed by atoms with Gasteiger partial charge in [-0.2, -0.15) is 5.26 Å². The van der Waals surface area contributed by atoms with Gasteiger partial charge in [-0.25, -0.2) is 0 Å². The summed E-state index contributed by atoms with van der Waals surface area (Å²) < 4.78 is 5.96. The number of nitrogens with zero attached hydrogens (tertiary/aromatic N) is 1. The number of nitriles is 1. The Morgan fingerprint density at radius 1 is 1.38 bits per heavy atom. The summed E-state index contributed by atoms with van der Waals surface area (Å²) in [5.74, 6) is 0.259. The van der Waals surface area contributed by atoms with Gasteiger partial charge in [-0.3, -0.25) is 0 Å². The molecule has 0 heterocycles. The molecule has 0 bridgehead atoms. The van der Waals surface area contributed by atoms with Crippen molar-refractivity contribution in [2.45, 2.75) is 52.4 Å². The highest BCUT2D eigenvalue weighted by Crippen LogP contribution is 2.28. The zero-order valence-electron chi connectivity index (χ0n) is 9.64. The molecule has 0 saturated heterocycles. The maximum absolute atomic E-state index is 9.16. The van der Waals surface area contributed by atoms with Crippen LogP contribution in [-0.2, 0) is 4.43 Å². The monoisotopic (exact) mass is 199 g/mol. The summed E-state index contributed by atoms with van der Waals surface area (Å²) in [5, 5.41) is 9.16. The van der Waals surface area contributed by atoms with Crippen molar-refractivity contribution in [2.24, 2.45) is 5.92 Å². The van der Waals surface area contributed by atoms with Gasteiger partial charge in [-0.15, -0.1) is 0 Å². The van der Waals surface area contributed by atoms with Crippen molar-refractivity contribution in [3.05, 3.63) is 0 Å². The number of hydrogen-bond donors (Lipinski definition) is 0. The van der Waals surface area contributed by atoms with E-state index in [0.717, 1.165) is 6.42 Å². The SMILES string of the molecule is CCC(C#N)(O[Si](C)(C)C)C(C)C. The lowest BCUT2D eigenvalue weighted by Gasteiger charge is -2.36. The Balaban J connectivity index is 4.72. The second-order valence-electron chi connectivity index (χ2n) is 4.72. The molecule has 0 spiro atoms. The maximum Gasteiger partial charge on any atom is 0.185 e. The van der Waals surface area contributed by atoms with Crippen molar-refractivity contribution in [3.63, 3.8) is 0 Å². The van der Waals surface area contributed by atoms with E-state index in [2.05, 4.69) is 25.7 Å². The minimum absolute atomic E-state index is 0.259. The van der Waals surface area contributed by atoms with E-state index in [4.69, 9.17) is 9.69 Å². The van der Waals surface area contributed by atoms with Gasteiger partial charge in [0, 0.05) is 0 Å². The van der Waals surface area contributed by atoms with E-state index in [1.54, 1.807) is 0 Å². The van der Waals surface area contributed by atoms with Crippen LogP contribution in [0, 0.1) is 17.2 Å². The fraction of sp³-hybridized carbons (Fsp3) is 0.900. The first-order valence-corrected chi connectivity index (χ1v) is 8.29. The van der Waals surface area contributed by atoms with Crippen LogP contribution in [0.3, 0.4) is 0 Å². The lowest BCUT2D eigenvalue weighted by atomic mass is 9.89. The van der Waals surface area contributed by atoms with Crippen LogP contribution >= 0.6 is 0 Å². The van der Waals surface area contributed by atoms with E-state index in [9.17, 15) is 0 Å². The molecule has 13 heavy (non-hydrogen) atoms. The predicted octanol–water partition coefficient (Wildman–Crippen LogP) is 3.17. The molecule has 0 fully saturated rings. The van der Waals surface area contributed by atoms with Crippen LogP contribution < -0.4 is 0 Å². The fourth-order valence-electron chi connectivity index (χ4n) is 1.38. The van der Waals surface area contributed by atoms with Crippen LogP contribution in [0.1, 0.15) is 27.2 Å². The zero-order chi connectivity index (χ0) is 10.7. The first-order valence-electron chi connectivity index (χ1n) is 4.89. The molecule has 3 heteroatoms. The maximum atomic E-state index is 9.16. The Labute approximate surface area is 83.0 Å². The van der Waals surface area contributed by atoms with Crippen molar-refractivity contribution in [1.29, 1.82) is 5.26 Å². The Morgan fingerprint density at radius 3 is 1.92 bits per heavy atom. The first-order chi connectivity index (χ1) is 5.77. The largest absolute Gasteiger partial charge is 0.400 e. The summed E-state index contributed by atoms with van der Waals surface area (Å²) in [7, 11) is -1.62. The van der Waals surface area contributed by atoms with Crippen LogP contribution in [0.15, 0.2) is 0 Å². The van der Waals surface area contributed by atoms with Gasteiger partial charge in [0.15, 0.2) is 8.32 Å². The van der Waals surface area contributed by atoms with Gasteiger partial charge in [0.05, 0.1) is 6.07 Å². The minimum atomic E-state index is -1.62. The normalized spacial score (nSPS) is 16.8. The molecule has 0 saturated carbocycles. The topological polar surface area (TPSA) is 33.0 Å². The van der Waals surface area contributed by atoms with Gasteiger partial charge in [0.2, 0.25) is 0 Å². The summed E-state index contributed by atoms with van der Waals surface area (Å²) >= 11 is 0. The molecule has 1 unspecified atom stereocenters. The molecule has 0 aliphatic rings. The van der Waals surface area contributed by atoms with Crippen LogP contribution in [0.5, 0.6) is 0 Å². The van der Waals surface area contributed by atoms with Crippen LogP contribution in [-0.4, -0.2) is 13.9 Å². The summed E-state index contributed by atoms with van der Waals surface area (Å²) in [6, 6.07) is 2.33. The third-order valence-corrected chi connectivity index (χ3v) is 3.11. The summed E-state index contributed by atoms with van der Waals surface area (Å²) in [5.41, 5.74) is -0.565. The Bertz CT molecular complexity index is 202. The summed E-state index contributed by atoms with van der Waals surface area (Å²) in [4.78, 5) is 0. The second kappa shape index (κ2) is 4.25. The van der Waals surface area contributed by atoms with E-state index in [1.165, 1.54) is 0 Å². The fourth-order valence-corrected chi connectivity index (χ4v) is 2.89. The number of rotatable bonds is 4. The average Bonchev–Trinajstić information content (AvgIpc) is 1.98. The molecule has 0 aliphatic heterocycles. The Hall–Kier alpha value is -0.333. The van der Waals surface area contributed by atoms with E-state index in [0.29, 0.717) is 0 Å². The quantitative estimate of drug-likeness (QED) is 0.652. The molecular weight excluding hydrogens is 178 g/mol. The van der Waals surface area contributed by atoms with Crippen molar-refractivity contribution in [3.8, 4) is 6.07 Å². The Morgan fingerprint density at radius 2 is 1.85 bits per heavy atom. The molecule has 0 N–H and O–H groups in total. The first kappa shape index (κ1) is 12.7. The van der Waals surface area contributed by atoms with Crippen LogP contribution in [0.4, 0.5) is 0 Å². The van der Waals surface area contributed by atoms with Gasteiger partial charge in [-0.1, -0.05) is 20.8 Å². The molecular formula is C10H21NOSi. The van der Waals surface area contributed by atoms with Gasteiger partial charge in [0.25, 0.3) is 0 Å². The molecule has 0 amide bonds. The highest BCUT2D eigenvalue weighted by atomic mass is 28.4. The van der Waals surface area contributed by atoms with E-state index in [1.807, 2.05) is 20.8 Å². The summed E-state index contributed by atoms with van der Waals surface area (Å²) in [6.07, 6.45) is 0.769. The lowest BCUT2D eigenvalue weighted by molar-refractivity contribution is 0.0664. The highest BCUT2D eigenvalue weighted by molar-refractivity contribution is 6.69. The molecule has 2 nitrogen and oxygen atoms in total. The molecule has 0 aromatic heterocycles. The molecule has 0 aromatic rings. The molecule has 0 rings (SSSR count). The molecule has 0 aliphatic carbocycles. The smallest absolute Gasteiger partial charge is 0.185 e. The van der Waals surface area contributed by atoms with E-state index >= 15 is 0 Å². The van der Waals surface area contributed by atoms with Crippen molar-refractivity contribution >= 4 is 8.32 Å². The zero-order valence-corrected chi connectivity index (χ0v) is 10.6. The molecule has 0 radical (unpaired) electrons. The third kappa shape index (κ3) is 3.49. The van der Waals surface area contributed by atoms with E-state index < -0.39 is 13.9 Å². The molecule has 0 aromatic carbocycles. The third-order valence-electron chi connectivity index (χ3n) is 2.14. The standard InChI is InChI=1S/C10H21NOSi/c1-7-10(8-11,9(2)3)12-13(4,5)6/h9H,7H2,1-6H3. The molecule has 76 valence electrons. The van der Waals surface area contributed by atoms with Crippen molar-refractivity contribution < 1.29 is 4.43 Å². The minimum Gasteiger partial charge on any atom is -0.400 e. The van der Waals surface area contributed by atoms with Gasteiger partial charge in [-0.05, 0) is 32.0 Å². The molecule has 1 atom stereocenters. The van der Waals surface area contributed by atoms with Gasteiger partial charge in [0.1, 0.15) is 5.60 Å². The lowest BCUT2D eigenvalue weighted by Crippen LogP contribution is -2.45. The summed E-state index contributed by atoms with van der Waals surface area (Å²) in [6.45, 7) is 12.5. The van der Waals surface area contributed by atoms with Crippen LogP contribution in [0.25, 0.3) is 0 Å². The Kier molecular flexibility index (Phi) is 4.14. The van der Waals surface area contributed by atoms with E-state index in [-0.39, 0.29) is 5.92 Å².